The predicted molar refractivity (Wildman–Crippen MR) is 102 cm³/mol. The van der Waals surface area contributed by atoms with Crippen molar-refractivity contribution in [1.82, 2.24) is 15.5 Å². The Morgan fingerprint density at radius 2 is 2.16 bits per heavy atom. The molecule has 2 aromatic rings. The first kappa shape index (κ1) is 18.1. The normalized spacial score (nSPS) is 17.1. The lowest BCUT2D eigenvalue weighted by molar-refractivity contribution is -0.121. The summed E-state index contributed by atoms with van der Waals surface area (Å²) in [5.74, 6) is -0.255. The fourth-order valence-electron chi connectivity index (χ4n) is 3.09. The number of carbonyl (C=O) groups is 2. The van der Waals surface area contributed by atoms with Crippen LogP contribution in [0.4, 0.5) is 4.79 Å². The highest BCUT2D eigenvalue weighted by atomic mass is 32.1. The Labute approximate surface area is 156 Å². The molecule has 0 saturated heterocycles. The monoisotopic (exact) mass is 377 g/mol. The van der Waals surface area contributed by atoms with Gasteiger partial charge in [0.2, 0.25) is 5.91 Å². The van der Waals surface area contributed by atoms with Crippen molar-refractivity contribution in [3.8, 4) is 0 Å². The van der Waals surface area contributed by atoms with Gasteiger partial charge >= 0.3 is 6.03 Å². The molecule has 2 aromatic heterocycles. The molecule has 0 unspecified atom stereocenters. The Bertz CT molecular complexity index is 712. The molecular formula is C18H23N3O2S2. The van der Waals surface area contributed by atoms with Gasteiger partial charge in [0.05, 0.1) is 12.6 Å². The fourth-order valence-corrected chi connectivity index (χ4v) is 4.87. The molecule has 0 saturated carbocycles. The first-order chi connectivity index (χ1) is 12.2. The molecule has 7 heteroatoms. The Hall–Kier alpha value is -1.70. The van der Waals surface area contributed by atoms with E-state index in [1.165, 1.54) is 15.3 Å². The first-order valence-electron chi connectivity index (χ1n) is 8.60. The summed E-state index contributed by atoms with van der Waals surface area (Å²) in [5.41, 5.74) is 1.29. The minimum absolute atomic E-state index is 0.101. The van der Waals surface area contributed by atoms with Gasteiger partial charge in [0.15, 0.2) is 0 Å². The zero-order valence-corrected chi connectivity index (χ0v) is 15.9. The molecule has 3 rings (SSSR count). The van der Waals surface area contributed by atoms with E-state index in [1.54, 1.807) is 22.7 Å². The van der Waals surface area contributed by atoms with Crippen LogP contribution < -0.4 is 10.6 Å². The molecule has 1 aliphatic rings. The molecule has 2 N–H and O–H groups in total. The molecular weight excluding hydrogens is 354 g/mol. The SMILES string of the molecule is CCCCNC(=O)NC(=O)CN1CCc2sccc2[C@@H]1c1cccs1. The molecule has 134 valence electrons. The lowest BCUT2D eigenvalue weighted by Gasteiger charge is -2.34. The van der Waals surface area contributed by atoms with Crippen LogP contribution in [0.25, 0.3) is 0 Å². The van der Waals surface area contributed by atoms with E-state index < -0.39 is 6.03 Å². The summed E-state index contributed by atoms with van der Waals surface area (Å²) in [6, 6.07) is 6.01. The van der Waals surface area contributed by atoms with Crippen LogP contribution in [0, 0.1) is 0 Å². The Balaban J connectivity index is 1.65. The number of urea groups is 1. The van der Waals surface area contributed by atoms with E-state index in [4.69, 9.17) is 0 Å². The number of imide groups is 1. The summed E-state index contributed by atoms with van der Waals surface area (Å²) in [5, 5.41) is 9.35. The maximum absolute atomic E-state index is 12.3. The molecule has 0 bridgehead atoms. The van der Waals surface area contributed by atoms with Crippen LogP contribution in [-0.2, 0) is 11.2 Å². The summed E-state index contributed by atoms with van der Waals surface area (Å²) < 4.78 is 0. The number of unbranched alkanes of at least 4 members (excludes halogenated alkanes) is 1. The number of carbonyl (C=O) groups excluding carboxylic acids is 2. The largest absolute Gasteiger partial charge is 0.338 e. The highest BCUT2D eigenvalue weighted by Gasteiger charge is 2.31. The summed E-state index contributed by atoms with van der Waals surface area (Å²) >= 11 is 3.49. The second-order valence-electron chi connectivity index (χ2n) is 6.10. The lowest BCUT2D eigenvalue weighted by atomic mass is 9.98. The van der Waals surface area contributed by atoms with Crippen LogP contribution in [0.1, 0.15) is 41.1 Å². The average Bonchev–Trinajstić information content (AvgIpc) is 3.26. The number of nitrogens with one attached hydrogen (secondary N) is 2. The first-order valence-corrected chi connectivity index (χ1v) is 10.4. The fraction of sp³-hybridized carbons (Fsp3) is 0.444. The van der Waals surface area contributed by atoms with Crippen LogP contribution in [-0.4, -0.2) is 36.5 Å². The number of nitrogens with zero attached hydrogens (tertiary/aromatic N) is 1. The van der Waals surface area contributed by atoms with Crippen molar-refractivity contribution in [1.29, 1.82) is 0 Å². The molecule has 3 heterocycles. The third-order valence-electron chi connectivity index (χ3n) is 4.29. The van der Waals surface area contributed by atoms with E-state index in [2.05, 4.69) is 45.4 Å². The van der Waals surface area contributed by atoms with Crippen molar-refractivity contribution < 1.29 is 9.59 Å². The number of hydrogen-bond donors (Lipinski definition) is 2. The number of hydrogen-bond acceptors (Lipinski definition) is 5. The maximum Gasteiger partial charge on any atom is 0.321 e. The maximum atomic E-state index is 12.3. The Kier molecular flexibility index (Phi) is 6.23. The minimum Gasteiger partial charge on any atom is -0.338 e. The molecule has 0 spiro atoms. The highest BCUT2D eigenvalue weighted by Crippen LogP contribution is 2.39. The minimum atomic E-state index is -0.403. The van der Waals surface area contributed by atoms with Gasteiger partial charge in [-0.1, -0.05) is 19.4 Å². The molecule has 0 aromatic carbocycles. The van der Waals surface area contributed by atoms with Gasteiger partial charge in [0, 0.05) is 22.8 Å². The number of fused-ring (bicyclic) bond motifs is 1. The summed E-state index contributed by atoms with van der Waals surface area (Å²) in [6.45, 7) is 3.69. The van der Waals surface area contributed by atoms with E-state index in [9.17, 15) is 9.59 Å². The van der Waals surface area contributed by atoms with E-state index in [1.807, 2.05) is 6.07 Å². The van der Waals surface area contributed by atoms with Gasteiger partial charge in [0.25, 0.3) is 0 Å². The molecule has 5 nitrogen and oxygen atoms in total. The zero-order valence-electron chi connectivity index (χ0n) is 14.3. The molecule has 1 atom stereocenters. The van der Waals surface area contributed by atoms with Crippen LogP contribution in [0.5, 0.6) is 0 Å². The van der Waals surface area contributed by atoms with Gasteiger partial charge in [-0.05, 0) is 41.3 Å². The van der Waals surface area contributed by atoms with Gasteiger partial charge in [-0.3, -0.25) is 15.0 Å². The van der Waals surface area contributed by atoms with E-state index in [-0.39, 0.29) is 18.5 Å². The molecule has 0 fully saturated rings. The average molecular weight is 378 g/mol. The number of rotatable bonds is 6. The van der Waals surface area contributed by atoms with Crippen molar-refractivity contribution >= 4 is 34.6 Å². The third-order valence-corrected chi connectivity index (χ3v) is 6.22. The number of amides is 3. The third kappa shape index (κ3) is 4.48. The summed E-state index contributed by atoms with van der Waals surface area (Å²) in [4.78, 5) is 28.9. The smallest absolute Gasteiger partial charge is 0.321 e. The summed E-state index contributed by atoms with van der Waals surface area (Å²) in [7, 11) is 0. The standard InChI is InChI=1S/C18H23N3O2S2/c1-2-3-8-19-18(23)20-16(22)12-21-9-6-14-13(7-11-25-14)17(21)15-5-4-10-24-15/h4-5,7,10-11,17H,2-3,6,8-9,12H2,1H3,(H2,19,20,22,23)/t17-/m1/s1. The zero-order chi connectivity index (χ0) is 17.6. The molecule has 3 amide bonds. The lowest BCUT2D eigenvalue weighted by Crippen LogP contribution is -2.47. The molecule has 0 aliphatic carbocycles. The van der Waals surface area contributed by atoms with Crippen LogP contribution >= 0.6 is 22.7 Å². The van der Waals surface area contributed by atoms with Gasteiger partial charge in [0.1, 0.15) is 0 Å². The van der Waals surface area contributed by atoms with Gasteiger partial charge in [-0.25, -0.2) is 4.79 Å². The van der Waals surface area contributed by atoms with Crippen molar-refractivity contribution in [2.75, 3.05) is 19.6 Å². The summed E-state index contributed by atoms with van der Waals surface area (Å²) in [6.07, 6.45) is 2.87. The van der Waals surface area contributed by atoms with Crippen LogP contribution in [0.2, 0.25) is 0 Å². The second-order valence-corrected chi connectivity index (χ2v) is 8.08. The molecule has 0 radical (unpaired) electrons. The Morgan fingerprint density at radius 3 is 2.92 bits per heavy atom. The van der Waals surface area contributed by atoms with E-state index in [0.29, 0.717) is 6.54 Å². The topological polar surface area (TPSA) is 61.4 Å². The van der Waals surface area contributed by atoms with Crippen molar-refractivity contribution in [2.24, 2.45) is 0 Å². The van der Waals surface area contributed by atoms with Crippen LogP contribution in [0.15, 0.2) is 29.0 Å². The highest BCUT2D eigenvalue weighted by molar-refractivity contribution is 7.10. The van der Waals surface area contributed by atoms with E-state index in [0.717, 1.165) is 25.8 Å². The van der Waals surface area contributed by atoms with Crippen molar-refractivity contribution in [2.45, 2.75) is 32.2 Å². The quantitative estimate of drug-likeness (QED) is 0.759. The molecule has 25 heavy (non-hydrogen) atoms. The van der Waals surface area contributed by atoms with Gasteiger partial charge < -0.3 is 5.32 Å². The molecule has 1 aliphatic heterocycles. The van der Waals surface area contributed by atoms with Gasteiger partial charge in [-0.15, -0.1) is 22.7 Å². The van der Waals surface area contributed by atoms with Crippen molar-refractivity contribution in [3.63, 3.8) is 0 Å². The van der Waals surface area contributed by atoms with Crippen molar-refractivity contribution in [3.05, 3.63) is 44.3 Å². The van der Waals surface area contributed by atoms with E-state index >= 15 is 0 Å². The number of thiophene rings is 2. The Morgan fingerprint density at radius 1 is 1.28 bits per heavy atom. The predicted octanol–water partition coefficient (Wildman–Crippen LogP) is 3.38. The van der Waals surface area contributed by atoms with Crippen LogP contribution in [0.3, 0.4) is 0 Å². The second kappa shape index (κ2) is 8.60. The van der Waals surface area contributed by atoms with Gasteiger partial charge in [-0.2, -0.15) is 0 Å².